The summed E-state index contributed by atoms with van der Waals surface area (Å²) < 4.78 is 7.69. The van der Waals surface area contributed by atoms with Crippen molar-refractivity contribution in [1.82, 2.24) is 14.4 Å². The van der Waals surface area contributed by atoms with Gasteiger partial charge in [0.25, 0.3) is 5.91 Å². The molecule has 4 aromatic rings. The smallest absolute Gasteiger partial charge is 0.267 e. The van der Waals surface area contributed by atoms with Crippen molar-refractivity contribution in [3.05, 3.63) is 78.2 Å². The van der Waals surface area contributed by atoms with E-state index in [9.17, 15) is 4.79 Å². The highest BCUT2D eigenvalue weighted by Crippen LogP contribution is 2.24. The number of fused-ring (bicyclic) bond motifs is 1. The average Bonchev–Trinajstić information content (AvgIpc) is 3.14. The minimum atomic E-state index is -1.06. The molecular weight excluding hydrogens is 388 g/mol. The quantitative estimate of drug-likeness (QED) is 0.514. The fourth-order valence-corrected chi connectivity index (χ4v) is 2.94. The zero-order valence-corrected chi connectivity index (χ0v) is 16.7. The number of halogens is 1. The summed E-state index contributed by atoms with van der Waals surface area (Å²) in [5.41, 5.74) is 1.37. The van der Waals surface area contributed by atoms with Gasteiger partial charge in [-0.05, 0) is 56.3 Å². The minimum Gasteiger partial charge on any atom is -0.478 e. The Labute approximate surface area is 173 Å². The predicted octanol–water partition coefficient (Wildman–Crippen LogP) is 4.85. The first-order valence-electron chi connectivity index (χ1n) is 9.07. The lowest BCUT2D eigenvalue weighted by Crippen LogP contribution is -2.42. The van der Waals surface area contributed by atoms with Crippen molar-refractivity contribution in [1.29, 1.82) is 0 Å². The maximum Gasteiger partial charge on any atom is 0.267 e. The third-order valence-electron chi connectivity index (χ3n) is 4.41. The van der Waals surface area contributed by atoms with Crippen LogP contribution in [0.5, 0.6) is 5.75 Å². The van der Waals surface area contributed by atoms with Crippen LogP contribution in [0, 0.1) is 0 Å². The van der Waals surface area contributed by atoms with E-state index >= 15 is 0 Å². The van der Waals surface area contributed by atoms with Crippen LogP contribution in [0.15, 0.2) is 73.2 Å². The van der Waals surface area contributed by atoms with Crippen LogP contribution < -0.4 is 10.1 Å². The summed E-state index contributed by atoms with van der Waals surface area (Å²) in [6, 6.07) is 16.2. The number of anilines is 1. The lowest BCUT2D eigenvalue weighted by atomic mass is 10.1. The molecule has 0 aliphatic heterocycles. The normalized spacial score (nSPS) is 11.4. The van der Waals surface area contributed by atoms with Crippen molar-refractivity contribution >= 4 is 29.0 Å². The molecular formula is C22H19ClN4O2. The van der Waals surface area contributed by atoms with Crippen molar-refractivity contribution in [2.75, 3.05) is 5.32 Å². The maximum atomic E-state index is 12.7. The van der Waals surface area contributed by atoms with Gasteiger partial charge in [-0.1, -0.05) is 23.7 Å². The van der Waals surface area contributed by atoms with Gasteiger partial charge in [0.05, 0.1) is 5.69 Å². The van der Waals surface area contributed by atoms with Crippen LogP contribution in [0.3, 0.4) is 0 Å². The number of nitrogens with one attached hydrogen (secondary N) is 1. The molecule has 0 radical (unpaired) electrons. The van der Waals surface area contributed by atoms with Gasteiger partial charge in [0.15, 0.2) is 5.60 Å². The highest BCUT2D eigenvalue weighted by atomic mass is 35.5. The van der Waals surface area contributed by atoms with Crippen LogP contribution >= 0.6 is 11.6 Å². The molecule has 2 heterocycles. The number of aromatic nitrogens is 3. The first-order chi connectivity index (χ1) is 13.9. The summed E-state index contributed by atoms with van der Waals surface area (Å²) in [6.45, 7) is 3.43. The lowest BCUT2D eigenvalue weighted by Gasteiger charge is -2.25. The van der Waals surface area contributed by atoms with E-state index in [1.807, 2.05) is 47.1 Å². The van der Waals surface area contributed by atoms with Crippen molar-refractivity contribution in [2.24, 2.45) is 0 Å². The minimum absolute atomic E-state index is 0.253. The Morgan fingerprint density at radius 1 is 1.10 bits per heavy atom. The molecule has 0 fully saturated rings. The van der Waals surface area contributed by atoms with Gasteiger partial charge in [-0.2, -0.15) is 0 Å². The molecule has 1 amide bonds. The Hall–Kier alpha value is -3.38. The molecule has 0 bridgehead atoms. The monoisotopic (exact) mass is 406 g/mol. The van der Waals surface area contributed by atoms with E-state index < -0.39 is 5.60 Å². The van der Waals surface area contributed by atoms with E-state index in [1.54, 1.807) is 44.3 Å². The predicted molar refractivity (Wildman–Crippen MR) is 113 cm³/mol. The fourth-order valence-electron chi connectivity index (χ4n) is 2.82. The number of rotatable bonds is 5. The topological polar surface area (TPSA) is 68.5 Å². The van der Waals surface area contributed by atoms with Gasteiger partial charge in [0.2, 0.25) is 5.78 Å². The Kier molecular flexibility index (Phi) is 4.94. The molecule has 0 atom stereocenters. The van der Waals surface area contributed by atoms with Crippen LogP contribution in [0.25, 0.3) is 17.0 Å². The Morgan fingerprint density at radius 3 is 2.52 bits per heavy atom. The van der Waals surface area contributed by atoms with E-state index in [4.69, 9.17) is 16.3 Å². The average molecular weight is 407 g/mol. The molecule has 0 saturated carbocycles. The third kappa shape index (κ3) is 4.22. The van der Waals surface area contributed by atoms with Crippen LogP contribution in [-0.4, -0.2) is 25.9 Å². The van der Waals surface area contributed by atoms with Gasteiger partial charge in [0.1, 0.15) is 5.75 Å². The zero-order chi connectivity index (χ0) is 20.4. The highest BCUT2D eigenvalue weighted by molar-refractivity contribution is 6.30. The summed E-state index contributed by atoms with van der Waals surface area (Å²) in [4.78, 5) is 21.4. The van der Waals surface area contributed by atoms with Crippen molar-refractivity contribution in [2.45, 2.75) is 19.4 Å². The van der Waals surface area contributed by atoms with Gasteiger partial charge in [0, 0.05) is 34.9 Å². The Morgan fingerprint density at radius 2 is 1.83 bits per heavy atom. The molecule has 0 unspecified atom stereocenters. The second-order valence-corrected chi connectivity index (χ2v) is 7.49. The Balaban J connectivity index is 1.46. The van der Waals surface area contributed by atoms with Crippen molar-refractivity contribution in [3.8, 4) is 17.0 Å². The van der Waals surface area contributed by atoms with Crippen LogP contribution in [0.1, 0.15) is 13.8 Å². The number of ether oxygens (including phenoxy) is 1. The summed E-state index contributed by atoms with van der Waals surface area (Å²) in [5.74, 6) is 0.962. The summed E-state index contributed by atoms with van der Waals surface area (Å²) in [5, 5.41) is 3.50. The fraction of sp³-hybridized carbons (Fsp3) is 0.136. The first kappa shape index (κ1) is 19.0. The van der Waals surface area contributed by atoms with Gasteiger partial charge in [-0.25, -0.2) is 9.97 Å². The van der Waals surface area contributed by atoms with E-state index in [0.29, 0.717) is 22.2 Å². The summed E-state index contributed by atoms with van der Waals surface area (Å²) in [6.07, 6.45) is 5.52. The number of nitrogens with zero attached hydrogens (tertiary/aromatic N) is 3. The number of benzene rings is 2. The number of hydrogen-bond donors (Lipinski definition) is 1. The maximum absolute atomic E-state index is 12.7. The third-order valence-corrected chi connectivity index (χ3v) is 4.66. The zero-order valence-electron chi connectivity index (χ0n) is 16.0. The van der Waals surface area contributed by atoms with Gasteiger partial charge >= 0.3 is 0 Å². The molecule has 2 aromatic heterocycles. The van der Waals surface area contributed by atoms with E-state index in [1.165, 1.54) is 0 Å². The SMILES string of the molecule is CC(C)(Oc1ccc(Cl)cc1)C(=O)Nc1ccc(-c2cn3cccnc3n2)cc1. The van der Waals surface area contributed by atoms with E-state index in [2.05, 4.69) is 15.3 Å². The second kappa shape index (κ2) is 7.56. The van der Waals surface area contributed by atoms with Crippen LogP contribution in [0.2, 0.25) is 5.02 Å². The molecule has 6 nitrogen and oxygen atoms in total. The van der Waals surface area contributed by atoms with Crippen molar-refractivity contribution < 1.29 is 9.53 Å². The Bertz CT molecular complexity index is 1120. The number of amides is 1. The summed E-state index contributed by atoms with van der Waals surface area (Å²) in [7, 11) is 0. The van der Waals surface area contributed by atoms with E-state index in [0.717, 1.165) is 11.3 Å². The van der Waals surface area contributed by atoms with Gasteiger partial charge in [-0.15, -0.1) is 0 Å². The molecule has 0 saturated heterocycles. The van der Waals surface area contributed by atoms with Crippen LogP contribution in [-0.2, 0) is 4.79 Å². The number of hydrogen-bond acceptors (Lipinski definition) is 4. The van der Waals surface area contributed by atoms with Crippen LogP contribution in [0.4, 0.5) is 5.69 Å². The van der Waals surface area contributed by atoms with E-state index in [-0.39, 0.29) is 5.91 Å². The number of carbonyl (C=O) groups is 1. The molecule has 29 heavy (non-hydrogen) atoms. The molecule has 146 valence electrons. The molecule has 7 heteroatoms. The molecule has 0 spiro atoms. The molecule has 2 aromatic carbocycles. The van der Waals surface area contributed by atoms with Gasteiger partial charge in [-0.3, -0.25) is 9.20 Å². The number of imidazole rings is 1. The van der Waals surface area contributed by atoms with Gasteiger partial charge < -0.3 is 10.1 Å². The standard InChI is InChI=1S/C22H19ClN4O2/c1-22(2,29-18-10-6-16(23)7-11-18)20(28)25-17-8-4-15(5-9-17)19-14-27-13-3-12-24-21(27)26-19/h3-14H,1-2H3,(H,25,28). The molecule has 1 N–H and O–H groups in total. The summed E-state index contributed by atoms with van der Waals surface area (Å²) >= 11 is 5.89. The highest BCUT2D eigenvalue weighted by Gasteiger charge is 2.30. The lowest BCUT2D eigenvalue weighted by molar-refractivity contribution is -0.128. The first-order valence-corrected chi connectivity index (χ1v) is 9.45. The second-order valence-electron chi connectivity index (χ2n) is 7.05. The molecule has 0 aliphatic carbocycles. The van der Waals surface area contributed by atoms with Crippen molar-refractivity contribution in [3.63, 3.8) is 0 Å². The number of carbonyl (C=O) groups excluding carboxylic acids is 1. The largest absolute Gasteiger partial charge is 0.478 e. The molecule has 0 aliphatic rings. The molecule has 4 rings (SSSR count).